The van der Waals surface area contributed by atoms with E-state index in [4.69, 9.17) is 0 Å². The van der Waals surface area contributed by atoms with E-state index in [1.807, 2.05) is 6.92 Å². The van der Waals surface area contributed by atoms with Gasteiger partial charge in [0, 0.05) is 6.04 Å². The maximum Gasteiger partial charge on any atom is 0.240 e. The SMILES string of the molecule is CC(C)CC1NC(C)C(=O)N1C1CCCC(C)C1C. The lowest BCUT2D eigenvalue weighted by Crippen LogP contribution is -2.50. The first kappa shape index (κ1) is 14.8. The zero-order valence-corrected chi connectivity index (χ0v) is 13.1. The van der Waals surface area contributed by atoms with E-state index in [0.29, 0.717) is 23.8 Å². The number of hydrogen-bond acceptors (Lipinski definition) is 2. The highest BCUT2D eigenvalue weighted by Crippen LogP contribution is 2.35. The topological polar surface area (TPSA) is 32.3 Å². The van der Waals surface area contributed by atoms with Crippen molar-refractivity contribution in [2.75, 3.05) is 0 Å². The molecule has 0 radical (unpaired) electrons. The molecule has 0 spiro atoms. The third-order valence-electron chi connectivity index (χ3n) is 5.12. The average Bonchev–Trinajstić information content (AvgIpc) is 2.58. The number of carbonyl (C=O) groups is 1. The van der Waals surface area contributed by atoms with Gasteiger partial charge in [0.1, 0.15) is 0 Å². The van der Waals surface area contributed by atoms with Crippen LogP contribution in [0.1, 0.15) is 60.3 Å². The summed E-state index contributed by atoms with van der Waals surface area (Å²) >= 11 is 0. The summed E-state index contributed by atoms with van der Waals surface area (Å²) < 4.78 is 0. The van der Waals surface area contributed by atoms with Crippen molar-refractivity contribution in [2.45, 2.75) is 78.6 Å². The molecule has 0 bridgehead atoms. The first-order chi connectivity index (χ1) is 8.91. The van der Waals surface area contributed by atoms with Gasteiger partial charge in [-0.25, -0.2) is 0 Å². The Labute approximate surface area is 118 Å². The summed E-state index contributed by atoms with van der Waals surface area (Å²) in [7, 11) is 0. The third-order valence-corrected chi connectivity index (χ3v) is 5.12. The number of amides is 1. The molecule has 2 fully saturated rings. The Balaban J connectivity index is 2.16. The molecule has 1 N–H and O–H groups in total. The van der Waals surface area contributed by atoms with Crippen molar-refractivity contribution in [2.24, 2.45) is 17.8 Å². The minimum atomic E-state index is -0.00631. The molecule has 1 saturated heterocycles. The normalized spacial score (nSPS) is 40.2. The summed E-state index contributed by atoms with van der Waals surface area (Å²) in [5.41, 5.74) is 0. The summed E-state index contributed by atoms with van der Waals surface area (Å²) in [5, 5.41) is 3.49. The Morgan fingerprint density at radius 2 is 1.95 bits per heavy atom. The minimum Gasteiger partial charge on any atom is -0.323 e. The van der Waals surface area contributed by atoms with E-state index < -0.39 is 0 Å². The molecule has 3 heteroatoms. The van der Waals surface area contributed by atoms with Crippen LogP contribution in [-0.4, -0.2) is 29.1 Å². The zero-order valence-electron chi connectivity index (χ0n) is 13.1. The van der Waals surface area contributed by atoms with Crippen LogP contribution >= 0.6 is 0 Å². The van der Waals surface area contributed by atoms with Crippen molar-refractivity contribution in [3.05, 3.63) is 0 Å². The molecule has 2 aliphatic rings. The first-order valence-corrected chi connectivity index (χ1v) is 8.00. The van der Waals surface area contributed by atoms with E-state index in [1.54, 1.807) is 0 Å². The van der Waals surface area contributed by atoms with Crippen molar-refractivity contribution in [1.29, 1.82) is 0 Å². The Kier molecular flexibility index (Phi) is 4.54. The molecule has 1 aliphatic heterocycles. The van der Waals surface area contributed by atoms with E-state index >= 15 is 0 Å². The molecule has 0 aromatic rings. The second-order valence-corrected chi connectivity index (χ2v) is 7.11. The van der Waals surface area contributed by atoms with Gasteiger partial charge in [0.2, 0.25) is 5.91 Å². The van der Waals surface area contributed by atoms with E-state index in [-0.39, 0.29) is 12.2 Å². The van der Waals surface area contributed by atoms with Crippen LogP contribution in [0.25, 0.3) is 0 Å². The molecule has 19 heavy (non-hydrogen) atoms. The molecule has 1 aliphatic carbocycles. The highest BCUT2D eigenvalue weighted by Gasteiger charge is 2.43. The molecule has 1 saturated carbocycles. The van der Waals surface area contributed by atoms with E-state index in [9.17, 15) is 4.79 Å². The first-order valence-electron chi connectivity index (χ1n) is 8.00. The van der Waals surface area contributed by atoms with Crippen LogP contribution < -0.4 is 5.32 Å². The van der Waals surface area contributed by atoms with Gasteiger partial charge >= 0.3 is 0 Å². The van der Waals surface area contributed by atoms with Gasteiger partial charge in [-0.05, 0) is 37.5 Å². The van der Waals surface area contributed by atoms with Gasteiger partial charge in [0.05, 0.1) is 12.2 Å². The van der Waals surface area contributed by atoms with Crippen molar-refractivity contribution >= 4 is 5.91 Å². The molecule has 0 aromatic heterocycles. The fraction of sp³-hybridized carbons (Fsp3) is 0.938. The second-order valence-electron chi connectivity index (χ2n) is 7.11. The number of carbonyl (C=O) groups excluding carboxylic acids is 1. The van der Waals surface area contributed by atoms with Crippen molar-refractivity contribution in [1.82, 2.24) is 10.2 Å². The number of nitrogens with zero attached hydrogens (tertiary/aromatic N) is 1. The quantitative estimate of drug-likeness (QED) is 0.851. The van der Waals surface area contributed by atoms with E-state index in [0.717, 1.165) is 12.3 Å². The summed E-state index contributed by atoms with van der Waals surface area (Å²) in [5.74, 6) is 2.30. The van der Waals surface area contributed by atoms with E-state index in [2.05, 4.69) is 37.9 Å². The molecule has 1 heterocycles. The van der Waals surface area contributed by atoms with E-state index in [1.165, 1.54) is 19.3 Å². The Hall–Kier alpha value is -0.570. The Morgan fingerprint density at radius 3 is 2.58 bits per heavy atom. The monoisotopic (exact) mass is 266 g/mol. The summed E-state index contributed by atoms with van der Waals surface area (Å²) in [4.78, 5) is 14.7. The van der Waals surface area contributed by atoms with Crippen LogP contribution in [0.15, 0.2) is 0 Å². The van der Waals surface area contributed by atoms with Gasteiger partial charge < -0.3 is 4.90 Å². The van der Waals surface area contributed by atoms with Gasteiger partial charge in [-0.15, -0.1) is 0 Å². The number of hydrogen-bond donors (Lipinski definition) is 1. The minimum absolute atomic E-state index is 0.00631. The highest BCUT2D eigenvalue weighted by molar-refractivity contribution is 5.84. The zero-order chi connectivity index (χ0) is 14.2. The highest BCUT2D eigenvalue weighted by atomic mass is 16.2. The smallest absolute Gasteiger partial charge is 0.240 e. The molecule has 0 aromatic carbocycles. The van der Waals surface area contributed by atoms with Crippen LogP contribution in [0.5, 0.6) is 0 Å². The lowest BCUT2D eigenvalue weighted by atomic mass is 9.77. The van der Waals surface area contributed by atoms with Gasteiger partial charge in [0.15, 0.2) is 0 Å². The van der Waals surface area contributed by atoms with Gasteiger partial charge in [-0.2, -0.15) is 0 Å². The van der Waals surface area contributed by atoms with Crippen molar-refractivity contribution in [3.63, 3.8) is 0 Å². The molecule has 5 atom stereocenters. The maximum absolute atomic E-state index is 12.5. The lowest BCUT2D eigenvalue weighted by molar-refractivity contribution is -0.134. The number of nitrogens with one attached hydrogen (secondary N) is 1. The standard InChI is InChI=1S/C16H30N2O/c1-10(2)9-15-17-13(5)16(19)18(15)14-8-6-7-11(3)12(14)4/h10-15,17H,6-9H2,1-5H3. The van der Waals surface area contributed by atoms with Crippen LogP contribution in [-0.2, 0) is 4.79 Å². The lowest BCUT2D eigenvalue weighted by Gasteiger charge is -2.42. The third kappa shape index (κ3) is 2.96. The molecule has 5 unspecified atom stereocenters. The predicted molar refractivity (Wildman–Crippen MR) is 78.7 cm³/mol. The average molecular weight is 266 g/mol. The van der Waals surface area contributed by atoms with Crippen LogP contribution in [0.2, 0.25) is 0 Å². The predicted octanol–water partition coefficient (Wildman–Crippen LogP) is 3.00. The molecular formula is C16H30N2O. The van der Waals surface area contributed by atoms with Gasteiger partial charge in [-0.1, -0.05) is 40.5 Å². The van der Waals surface area contributed by atoms with Gasteiger partial charge in [0.25, 0.3) is 0 Å². The fourth-order valence-corrected chi connectivity index (χ4v) is 3.79. The summed E-state index contributed by atoms with van der Waals surface area (Å²) in [6, 6.07) is 0.436. The molecule has 3 nitrogen and oxygen atoms in total. The molecule has 110 valence electrons. The maximum atomic E-state index is 12.5. The molecular weight excluding hydrogens is 236 g/mol. The Morgan fingerprint density at radius 1 is 1.26 bits per heavy atom. The molecule has 1 amide bonds. The summed E-state index contributed by atoms with van der Waals surface area (Å²) in [6.07, 6.45) is 5.08. The Bertz CT molecular complexity index is 329. The summed E-state index contributed by atoms with van der Waals surface area (Å²) in [6.45, 7) is 11.1. The van der Waals surface area contributed by atoms with Crippen LogP contribution in [0.4, 0.5) is 0 Å². The van der Waals surface area contributed by atoms with Crippen molar-refractivity contribution < 1.29 is 4.79 Å². The largest absolute Gasteiger partial charge is 0.323 e. The van der Waals surface area contributed by atoms with Crippen LogP contribution in [0.3, 0.4) is 0 Å². The number of rotatable bonds is 3. The molecule has 2 rings (SSSR count). The van der Waals surface area contributed by atoms with Crippen molar-refractivity contribution in [3.8, 4) is 0 Å². The van der Waals surface area contributed by atoms with Gasteiger partial charge in [-0.3, -0.25) is 10.1 Å². The fourth-order valence-electron chi connectivity index (χ4n) is 3.79. The van der Waals surface area contributed by atoms with Crippen LogP contribution in [0, 0.1) is 17.8 Å². The second kappa shape index (κ2) is 5.82.